The SMILES string of the molecule is CCOCN(C)CCC1C(O)=C(c2nc3ccccc3[nH]2)C(=N)N1c1cc(OC)cc(OC)c1. The van der Waals surface area contributed by atoms with Gasteiger partial charge in [-0.1, -0.05) is 12.1 Å². The van der Waals surface area contributed by atoms with Crippen molar-refractivity contribution in [3.63, 3.8) is 0 Å². The number of para-hydroxylation sites is 2. The van der Waals surface area contributed by atoms with E-state index in [-0.39, 0.29) is 11.6 Å². The predicted molar refractivity (Wildman–Crippen MR) is 133 cm³/mol. The van der Waals surface area contributed by atoms with Crippen molar-refractivity contribution >= 4 is 28.1 Å². The molecule has 1 aliphatic rings. The highest BCUT2D eigenvalue weighted by atomic mass is 16.5. The molecule has 3 aromatic rings. The van der Waals surface area contributed by atoms with Crippen LogP contribution in [0.15, 0.2) is 48.2 Å². The third kappa shape index (κ3) is 4.57. The summed E-state index contributed by atoms with van der Waals surface area (Å²) in [6.45, 7) is 3.75. The Bertz CT molecular complexity index is 1150. The number of aliphatic hydroxyl groups excluding tert-OH is 1. The van der Waals surface area contributed by atoms with Gasteiger partial charge in [0.15, 0.2) is 0 Å². The number of aliphatic hydroxyl groups is 1. The lowest BCUT2D eigenvalue weighted by Crippen LogP contribution is -2.38. The lowest BCUT2D eigenvalue weighted by molar-refractivity contribution is 0.0494. The molecular formula is C25H31N5O4. The Morgan fingerprint density at radius 3 is 2.50 bits per heavy atom. The van der Waals surface area contributed by atoms with Crippen LogP contribution in [0, 0.1) is 5.41 Å². The molecule has 9 nitrogen and oxygen atoms in total. The first kappa shape index (κ1) is 23.6. The molecule has 0 amide bonds. The molecule has 1 aliphatic heterocycles. The van der Waals surface area contributed by atoms with Gasteiger partial charge in [0, 0.05) is 31.4 Å². The highest BCUT2D eigenvalue weighted by Gasteiger charge is 2.40. The molecule has 0 fully saturated rings. The Morgan fingerprint density at radius 1 is 1.15 bits per heavy atom. The number of methoxy groups -OCH3 is 2. The van der Waals surface area contributed by atoms with Crippen LogP contribution in [0.1, 0.15) is 19.2 Å². The van der Waals surface area contributed by atoms with E-state index in [0.29, 0.717) is 54.9 Å². The summed E-state index contributed by atoms with van der Waals surface area (Å²) in [4.78, 5) is 11.7. The van der Waals surface area contributed by atoms with Crippen LogP contribution in [0.3, 0.4) is 0 Å². The second-order valence-corrected chi connectivity index (χ2v) is 8.16. The number of hydrogen-bond donors (Lipinski definition) is 3. The molecule has 2 aromatic carbocycles. The molecule has 1 atom stereocenters. The van der Waals surface area contributed by atoms with E-state index in [1.165, 1.54) is 0 Å². The average Bonchev–Trinajstić information content (AvgIpc) is 3.38. The second-order valence-electron chi connectivity index (χ2n) is 8.16. The van der Waals surface area contributed by atoms with Crippen LogP contribution in [0.5, 0.6) is 11.5 Å². The van der Waals surface area contributed by atoms with Gasteiger partial charge in [-0.05, 0) is 32.5 Å². The minimum atomic E-state index is -0.461. The van der Waals surface area contributed by atoms with Crippen LogP contribution in [-0.4, -0.2) is 73.0 Å². The van der Waals surface area contributed by atoms with Gasteiger partial charge in [0.05, 0.1) is 49.3 Å². The normalized spacial score (nSPS) is 16.2. The van der Waals surface area contributed by atoms with Crippen LogP contribution >= 0.6 is 0 Å². The Labute approximate surface area is 199 Å². The number of anilines is 1. The number of rotatable bonds is 10. The maximum atomic E-state index is 11.4. The third-order valence-corrected chi connectivity index (χ3v) is 5.90. The number of aromatic nitrogens is 2. The number of amidine groups is 1. The van der Waals surface area contributed by atoms with Crippen molar-refractivity contribution in [2.45, 2.75) is 19.4 Å². The smallest absolute Gasteiger partial charge is 0.145 e. The summed E-state index contributed by atoms with van der Waals surface area (Å²) in [5.41, 5.74) is 2.70. The number of imidazole rings is 1. The van der Waals surface area contributed by atoms with Crippen LogP contribution in [0.25, 0.3) is 16.6 Å². The Hall–Kier alpha value is -3.56. The molecule has 2 heterocycles. The van der Waals surface area contributed by atoms with Crippen molar-refractivity contribution in [1.29, 1.82) is 5.41 Å². The molecular weight excluding hydrogens is 434 g/mol. The molecule has 0 saturated carbocycles. The summed E-state index contributed by atoms with van der Waals surface area (Å²) in [6, 6.07) is 12.6. The standard InChI is InChI=1S/C25H31N5O4/c1-5-34-15-29(2)11-10-21-23(31)22(25-27-19-8-6-7-9-20(19)28-25)24(26)30(21)16-12-17(32-3)14-18(13-16)33-4/h6-9,12-14,21,26,31H,5,10-11,15H2,1-4H3,(H,27,28). The first-order valence-electron chi connectivity index (χ1n) is 11.2. The van der Waals surface area contributed by atoms with Gasteiger partial charge in [-0.3, -0.25) is 10.3 Å². The lowest BCUT2D eigenvalue weighted by Gasteiger charge is -2.29. The van der Waals surface area contributed by atoms with E-state index in [9.17, 15) is 5.11 Å². The average molecular weight is 466 g/mol. The molecule has 0 saturated heterocycles. The van der Waals surface area contributed by atoms with E-state index < -0.39 is 6.04 Å². The maximum Gasteiger partial charge on any atom is 0.145 e. The van der Waals surface area contributed by atoms with E-state index in [4.69, 9.17) is 19.6 Å². The van der Waals surface area contributed by atoms with Gasteiger partial charge in [-0.2, -0.15) is 0 Å². The molecule has 0 radical (unpaired) electrons. The highest BCUT2D eigenvalue weighted by Crippen LogP contribution is 2.39. The number of nitrogens with one attached hydrogen (secondary N) is 2. The van der Waals surface area contributed by atoms with Gasteiger partial charge in [-0.15, -0.1) is 0 Å². The monoisotopic (exact) mass is 465 g/mol. The van der Waals surface area contributed by atoms with Gasteiger partial charge < -0.3 is 29.2 Å². The minimum absolute atomic E-state index is 0.107. The molecule has 0 aliphatic carbocycles. The second kappa shape index (κ2) is 10.1. The number of ether oxygens (including phenoxy) is 3. The van der Waals surface area contributed by atoms with Gasteiger partial charge in [0.25, 0.3) is 0 Å². The van der Waals surface area contributed by atoms with Crippen LogP contribution < -0.4 is 14.4 Å². The van der Waals surface area contributed by atoms with Gasteiger partial charge in [-0.25, -0.2) is 4.98 Å². The molecule has 34 heavy (non-hydrogen) atoms. The number of fused-ring (bicyclic) bond motifs is 1. The molecule has 9 heteroatoms. The fourth-order valence-electron chi connectivity index (χ4n) is 4.15. The van der Waals surface area contributed by atoms with Crippen LogP contribution in [0.4, 0.5) is 5.69 Å². The zero-order valence-corrected chi connectivity index (χ0v) is 20.0. The molecule has 180 valence electrons. The van der Waals surface area contributed by atoms with E-state index >= 15 is 0 Å². The quantitative estimate of drug-likeness (QED) is 0.388. The van der Waals surface area contributed by atoms with Gasteiger partial charge >= 0.3 is 0 Å². The van der Waals surface area contributed by atoms with E-state index in [1.54, 1.807) is 25.2 Å². The number of hydrogen-bond acceptors (Lipinski definition) is 7. The molecule has 1 aromatic heterocycles. The number of aromatic amines is 1. The molecule has 4 rings (SSSR count). The zero-order chi connectivity index (χ0) is 24.2. The fraction of sp³-hybridized carbons (Fsp3) is 0.360. The summed E-state index contributed by atoms with van der Waals surface area (Å²) >= 11 is 0. The summed E-state index contributed by atoms with van der Waals surface area (Å²) in [6.07, 6.45) is 0.570. The molecule has 1 unspecified atom stereocenters. The van der Waals surface area contributed by atoms with Crippen molar-refractivity contribution in [2.75, 3.05) is 46.0 Å². The van der Waals surface area contributed by atoms with E-state index in [2.05, 4.69) is 9.97 Å². The maximum absolute atomic E-state index is 11.4. The fourth-order valence-corrected chi connectivity index (χ4v) is 4.15. The Morgan fingerprint density at radius 2 is 1.85 bits per heavy atom. The number of nitrogens with zero attached hydrogens (tertiary/aromatic N) is 3. The zero-order valence-electron chi connectivity index (χ0n) is 20.0. The predicted octanol–water partition coefficient (Wildman–Crippen LogP) is 4.03. The van der Waals surface area contributed by atoms with Crippen molar-refractivity contribution < 1.29 is 19.3 Å². The highest BCUT2D eigenvalue weighted by molar-refractivity contribution is 6.31. The third-order valence-electron chi connectivity index (χ3n) is 5.90. The first-order valence-corrected chi connectivity index (χ1v) is 11.2. The Kier molecular flexibility index (Phi) is 7.04. The van der Waals surface area contributed by atoms with Crippen molar-refractivity contribution in [3.05, 3.63) is 54.0 Å². The summed E-state index contributed by atoms with van der Waals surface area (Å²) in [7, 11) is 5.14. The summed E-state index contributed by atoms with van der Waals surface area (Å²) in [5, 5.41) is 20.4. The molecule has 0 spiro atoms. The van der Waals surface area contributed by atoms with Crippen LogP contribution in [0.2, 0.25) is 0 Å². The summed E-state index contributed by atoms with van der Waals surface area (Å²) < 4.78 is 16.4. The first-order chi connectivity index (χ1) is 16.5. The van der Waals surface area contributed by atoms with Crippen molar-refractivity contribution in [2.24, 2.45) is 0 Å². The van der Waals surface area contributed by atoms with Gasteiger partial charge in [0.1, 0.15) is 28.9 Å². The van der Waals surface area contributed by atoms with Crippen molar-refractivity contribution in [3.8, 4) is 11.5 Å². The molecule has 0 bridgehead atoms. The summed E-state index contributed by atoms with van der Waals surface area (Å²) in [5.74, 6) is 1.94. The molecule has 3 N–H and O–H groups in total. The Balaban J connectivity index is 1.74. The topological polar surface area (TPSA) is 107 Å². The van der Waals surface area contributed by atoms with Crippen molar-refractivity contribution in [1.82, 2.24) is 14.9 Å². The van der Waals surface area contributed by atoms with Crippen LogP contribution in [-0.2, 0) is 4.74 Å². The number of H-pyrrole nitrogens is 1. The minimum Gasteiger partial charge on any atom is -0.509 e. The van der Waals surface area contributed by atoms with E-state index in [0.717, 1.165) is 11.0 Å². The van der Waals surface area contributed by atoms with Gasteiger partial charge in [0.2, 0.25) is 0 Å². The lowest BCUT2D eigenvalue weighted by atomic mass is 10.1. The van der Waals surface area contributed by atoms with E-state index in [1.807, 2.05) is 55.3 Å². The number of benzene rings is 2. The largest absolute Gasteiger partial charge is 0.509 e.